The van der Waals surface area contributed by atoms with Gasteiger partial charge in [0.15, 0.2) is 0 Å². The van der Waals surface area contributed by atoms with Gasteiger partial charge in [0, 0.05) is 0 Å². The van der Waals surface area contributed by atoms with Gasteiger partial charge in [0.2, 0.25) is 0 Å². The van der Waals surface area contributed by atoms with Gasteiger partial charge >= 0.3 is 0 Å². The van der Waals surface area contributed by atoms with Gasteiger partial charge in [-0.15, -0.1) is 0 Å². The summed E-state index contributed by atoms with van der Waals surface area (Å²) in [7, 11) is 0. The maximum Gasteiger partial charge on any atom is 0.0774 e. The first-order valence-corrected chi connectivity index (χ1v) is 2.73. The van der Waals surface area contributed by atoms with Crippen molar-refractivity contribution in [3.05, 3.63) is 6.92 Å². The minimum Gasteiger partial charge on any atom is -0.391 e. The summed E-state index contributed by atoms with van der Waals surface area (Å²) in [5.41, 5.74) is 0. The molecule has 0 spiro atoms. The third-order valence-corrected chi connectivity index (χ3v) is 0.668. The molecule has 0 fully saturated rings. The fraction of sp³-hybridized carbons (Fsp3) is 0.667. The van der Waals surface area contributed by atoms with Crippen molar-refractivity contribution in [3.63, 3.8) is 0 Å². The van der Waals surface area contributed by atoms with E-state index in [9.17, 15) is 0 Å². The SMILES string of the molecule is [CH2]C(O)COCCC#N. The standard InChI is InChI=1S/C6H10NO2/c1-6(8)5-9-4-2-3-7/h6,8H,1-2,4-5H2. The molecule has 51 valence electrons. The zero-order valence-electron chi connectivity index (χ0n) is 5.21. The van der Waals surface area contributed by atoms with Gasteiger partial charge in [-0.25, -0.2) is 0 Å². The summed E-state index contributed by atoms with van der Waals surface area (Å²) in [5, 5.41) is 16.6. The summed E-state index contributed by atoms with van der Waals surface area (Å²) in [4.78, 5) is 0. The first-order chi connectivity index (χ1) is 4.27. The number of nitriles is 1. The van der Waals surface area contributed by atoms with E-state index in [4.69, 9.17) is 15.1 Å². The average molecular weight is 128 g/mol. The lowest BCUT2D eigenvalue weighted by Crippen LogP contribution is -2.10. The van der Waals surface area contributed by atoms with Gasteiger partial charge < -0.3 is 9.84 Å². The molecular weight excluding hydrogens is 118 g/mol. The molecule has 0 rings (SSSR count). The van der Waals surface area contributed by atoms with Crippen LogP contribution in [0.15, 0.2) is 0 Å². The molecule has 0 heterocycles. The fourth-order valence-corrected chi connectivity index (χ4v) is 0.337. The van der Waals surface area contributed by atoms with Crippen molar-refractivity contribution in [2.75, 3.05) is 13.2 Å². The van der Waals surface area contributed by atoms with E-state index in [0.29, 0.717) is 13.0 Å². The first kappa shape index (κ1) is 8.41. The number of rotatable bonds is 4. The summed E-state index contributed by atoms with van der Waals surface area (Å²) in [6.07, 6.45) is -0.309. The van der Waals surface area contributed by atoms with Crippen molar-refractivity contribution in [2.24, 2.45) is 0 Å². The number of aliphatic hydroxyl groups is 1. The highest BCUT2D eigenvalue weighted by Crippen LogP contribution is 1.83. The Morgan fingerprint density at radius 3 is 2.89 bits per heavy atom. The number of hydrogen-bond donors (Lipinski definition) is 1. The normalized spacial score (nSPS) is 12.6. The van der Waals surface area contributed by atoms with Crippen LogP contribution < -0.4 is 0 Å². The van der Waals surface area contributed by atoms with E-state index < -0.39 is 6.10 Å². The predicted molar refractivity (Wildman–Crippen MR) is 32.4 cm³/mol. The molecule has 0 aliphatic carbocycles. The Kier molecular flexibility index (Phi) is 5.18. The lowest BCUT2D eigenvalue weighted by Gasteiger charge is -2.02. The maximum atomic E-state index is 8.53. The van der Waals surface area contributed by atoms with Gasteiger partial charge in [-0.2, -0.15) is 5.26 Å². The van der Waals surface area contributed by atoms with E-state index in [0.717, 1.165) is 0 Å². The van der Waals surface area contributed by atoms with E-state index in [-0.39, 0.29) is 6.61 Å². The average Bonchev–Trinajstić information content (AvgIpc) is 1.80. The Morgan fingerprint density at radius 2 is 2.44 bits per heavy atom. The Balaban J connectivity index is 2.85. The summed E-state index contributed by atoms with van der Waals surface area (Å²) in [6.45, 7) is 3.87. The molecule has 0 saturated carbocycles. The summed E-state index contributed by atoms with van der Waals surface area (Å²) in [5.74, 6) is 0. The third-order valence-electron chi connectivity index (χ3n) is 0.668. The Labute approximate surface area is 54.9 Å². The second-order valence-corrected chi connectivity index (χ2v) is 1.64. The van der Waals surface area contributed by atoms with Crippen LogP contribution in [0, 0.1) is 18.3 Å². The van der Waals surface area contributed by atoms with Gasteiger partial charge in [0.25, 0.3) is 0 Å². The third kappa shape index (κ3) is 7.41. The van der Waals surface area contributed by atoms with Crippen molar-refractivity contribution < 1.29 is 9.84 Å². The molecule has 0 aliphatic heterocycles. The van der Waals surface area contributed by atoms with Crippen LogP contribution in [0.3, 0.4) is 0 Å². The lowest BCUT2D eigenvalue weighted by atomic mass is 10.4. The molecule has 1 N–H and O–H groups in total. The zero-order chi connectivity index (χ0) is 7.11. The molecule has 0 bridgehead atoms. The van der Waals surface area contributed by atoms with E-state index >= 15 is 0 Å². The second kappa shape index (κ2) is 5.54. The maximum absolute atomic E-state index is 8.53. The van der Waals surface area contributed by atoms with Gasteiger partial charge in [0.05, 0.1) is 31.8 Å². The van der Waals surface area contributed by atoms with Crippen LogP contribution in [0.5, 0.6) is 0 Å². The molecule has 0 aromatic carbocycles. The largest absolute Gasteiger partial charge is 0.391 e. The van der Waals surface area contributed by atoms with Crippen molar-refractivity contribution in [1.82, 2.24) is 0 Å². The Hall–Kier alpha value is -0.590. The van der Waals surface area contributed by atoms with Crippen LogP contribution in [0.2, 0.25) is 0 Å². The van der Waals surface area contributed by atoms with Crippen LogP contribution in [0.25, 0.3) is 0 Å². The fourth-order valence-electron chi connectivity index (χ4n) is 0.337. The molecule has 0 aromatic heterocycles. The highest BCUT2D eigenvalue weighted by Gasteiger charge is 1.92. The molecule has 9 heavy (non-hydrogen) atoms. The first-order valence-electron chi connectivity index (χ1n) is 2.73. The highest BCUT2D eigenvalue weighted by atomic mass is 16.5. The van der Waals surface area contributed by atoms with E-state index in [1.165, 1.54) is 0 Å². The van der Waals surface area contributed by atoms with Crippen LogP contribution >= 0.6 is 0 Å². The van der Waals surface area contributed by atoms with Crippen LogP contribution in [0.4, 0.5) is 0 Å². The smallest absolute Gasteiger partial charge is 0.0774 e. The Bertz CT molecular complexity index is 95.7. The summed E-state index contributed by atoms with van der Waals surface area (Å²) < 4.78 is 4.80. The molecule has 1 radical (unpaired) electrons. The van der Waals surface area contributed by atoms with Crippen LogP contribution in [-0.4, -0.2) is 24.4 Å². The molecule has 0 amide bonds. The molecule has 0 aliphatic rings. The zero-order valence-corrected chi connectivity index (χ0v) is 5.21. The minimum absolute atomic E-state index is 0.210. The number of ether oxygens (including phenoxy) is 1. The second-order valence-electron chi connectivity index (χ2n) is 1.64. The molecule has 3 heteroatoms. The molecular formula is C6H10NO2. The highest BCUT2D eigenvalue weighted by molar-refractivity contribution is 4.67. The van der Waals surface area contributed by atoms with Crippen LogP contribution in [-0.2, 0) is 4.74 Å². The van der Waals surface area contributed by atoms with Crippen LogP contribution in [0.1, 0.15) is 6.42 Å². The monoisotopic (exact) mass is 128 g/mol. The number of aliphatic hydroxyl groups excluding tert-OH is 1. The summed E-state index contributed by atoms with van der Waals surface area (Å²) in [6, 6.07) is 1.91. The van der Waals surface area contributed by atoms with Crippen molar-refractivity contribution in [2.45, 2.75) is 12.5 Å². The lowest BCUT2D eigenvalue weighted by molar-refractivity contribution is 0.0613. The predicted octanol–water partition coefficient (Wildman–Crippen LogP) is 0.112. The van der Waals surface area contributed by atoms with Crippen molar-refractivity contribution >= 4 is 0 Å². The molecule has 1 unspecified atom stereocenters. The van der Waals surface area contributed by atoms with Gasteiger partial charge in [0.1, 0.15) is 0 Å². The number of hydrogen-bond acceptors (Lipinski definition) is 3. The topological polar surface area (TPSA) is 53.2 Å². The van der Waals surface area contributed by atoms with E-state index in [1.54, 1.807) is 0 Å². The van der Waals surface area contributed by atoms with E-state index in [1.807, 2.05) is 6.07 Å². The van der Waals surface area contributed by atoms with Gasteiger partial charge in [-0.05, 0) is 6.92 Å². The molecule has 0 saturated heterocycles. The summed E-state index contributed by atoms with van der Waals surface area (Å²) >= 11 is 0. The van der Waals surface area contributed by atoms with Gasteiger partial charge in [-0.3, -0.25) is 0 Å². The Morgan fingerprint density at radius 1 is 1.78 bits per heavy atom. The minimum atomic E-state index is -0.677. The van der Waals surface area contributed by atoms with Crippen molar-refractivity contribution in [3.8, 4) is 6.07 Å². The van der Waals surface area contributed by atoms with Crippen molar-refractivity contribution in [1.29, 1.82) is 5.26 Å². The molecule has 1 atom stereocenters. The molecule has 0 aromatic rings. The number of nitrogens with zero attached hydrogens (tertiary/aromatic N) is 1. The van der Waals surface area contributed by atoms with E-state index in [2.05, 4.69) is 6.92 Å². The van der Waals surface area contributed by atoms with Gasteiger partial charge in [-0.1, -0.05) is 0 Å². The quantitative estimate of drug-likeness (QED) is 0.547. The molecule has 3 nitrogen and oxygen atoms in total.